The van der Waals surface area contributed by atoms with Gasteiger partial charge in [0.05, 0.1) is 5.69 Å². The van der Waals surface area contributed by atoms with Crippen LogP contribution in [-0.2, 0) is 16.6 Å². The first kappa shape index (κ1) is 15.0. The maximum absolute atomic E-state index is 12.2. The summed E-state index contributed by atoms with van der Waals surface area (Å²) in [7, 11) is -3.65. The highest BCUT2D eigenvalue weighted by atomic mass is 79.9. The average molecular weight is 356 g/mol. The highest BCUT2D eigenvalue weighted by Gasteiger charge is 2.17. The van der Waals surface area contributed by atoms with Crippen molar-refractivity contribution >= 4 is 31.6 Å². The summed E-state index contributed by atoms with van der Waals surface area (Å²) in [5.74, 6) is 0. The molecule has 0 aliphatic carbocycles. The van der Waals surface area contributed by atoms with Crippen LogP contribution in [0.15, 0.2) is 46.0 Å². The van der Waals surface area contributed by atoms with Gasteiger partial charge in [-0.15, -0.1) is 0 Å². The molecule has 3 N–H and O–H groups in total. The monoisotopic (exact) mass is 355 g/mol. The number of nitrogen functional groups attached to an aromatic ring is 1. The summed E-state index contributed by atoms with van der Waals surface area (Å²) in [6.45, 7) is 2.08. The van der Waals surface area contributed by atoms with Gasteiger partial charge in [0.15, 0.2) is 0 Å². The van der Waals surface area contributed by atoms with Crippen LogP contribution in [0.4, 0.5) is 5.69 Å². The third-order valence-electron chi connectivity index (χ3n) is 2.86. The Kier molecular flexibility index (Phi) is 4.42. The van der Waals surface area contributed by atoms with Gasteiger partial charge in [0.1, 0.15) is 4.90 Å². The van der Waals surface area contributed by atoms with Crippen LogP contribution in [0.1, 0.15) is 11.1 Å². The van der Waals surface area contributed by atoms with Crippen molar-refractivity contribution in [2.24, 2.45) is 0 Å². The summed E-state index contributed by atoms with van der Waals surface area (Å²) in [5.41, 5.74) is 7.75. The lowest BCUT2D eigenvalue weighted by molar-refractivity contribution is 0.581. The summed E-state index contributed by atoms with van der Waals surface area (Å²) < 4.78 is 27.7. The summed E-state index contributed by atoms with van der Waals surface area (Å²) in [6.07, 6.45) is 3.31. The number of anilines is 1. The van der Waals surface area contributed by atoms with Crippen molar-refractivity contribution in [1.29, 1.82) is 0 Å². The second-order valence-electron chi connectivity index (χ2n) is 4.31. The van der Waals surface area contributed by atoms with Gasteiger partial charge in [0.2, 0.25) is 10.0 Å². The number of nitrogens with one attached hydrogen (secondary N) is 1. The first-order chi connectivity index (χ1) is 9.40. The molecule has 106 valence electrons. The predicted molar refractivity (Wildman–Crippen MR) is 81.6 cm³/mol. The predicted octanol–water partition coefficient (Wildman–Crippen LogP) is 2.21. The Morgan fingerprint density at radius 2 is 2.10 bits per heavy atom. The van der Waals surface area contributed by atoms with Gasteiger partial charge in [-0.1, -0.05) is 15.9 Å². The van der Waals surface area contributed by atoms with Crippen molar-refractivity contribution in [1.82, 2.24) is 9.71 Å². The Hall–Kier alpha value is -1.44. The highest BCUT2D eigenvalue weighted by Crippen LogP contribution is 2.22. The number of rotatable bonds is 4. The molecule has 0 saturated heterocycles. The molecule has 20 heavy (non-hydrogen) atoms. The van der Waals surface area contributed by atoms with Gasteiger partial charge in [-0.3, -0.25) is 4.98 Å². The molecule has 5 nitrogen and oxygen atoms in total. The SMILES string of the molecule is Cc1ccncc1CNS(=O)(=O)c1ccc(Br)cc1N. The Morgan fingerprint density at radius 3 is 2.75 bits per heavy atom. The Bertz CT molecular complexity index is 732. The van der Waals surface area contributed by atoms with Crippen molar-refractivity contribution in [2.75, 3.05) is 5.73 Å². The maximum Gasteiger partial charge on any atom is 0.242 e. The topological polar surface area (TPSA) is 85.1 Å². The molecule has 1 aromatic heterocycles. The largest absolute Gasteiger partial charge is 0.398 e. The average Bonchev–Trinajstić information content (AvgIpc) is 2.37. The van der Waals surface area contributed by atoms with E-state index in [1.54, 1.807) is 24.5 Å². The number of aryl methyl sites for hydroxylation is 1. The fourth-order valence-electron chi connectivity index (χ4n) is 1.70. The fraction of sp³-hybridized carbons (Fsp3) is 0.154. The zero-order valence-corrected chi connectivity index (χ0v) is 13.2. The van der Waals surface area contributed by atoms with Crippen LogP contribution in [-0.4, -0.2) is 13.4 Å². The molecular weight excluding hydrogens is 342 g/mol. The van der Waals surface area contributed by atoms with E-state index >= 15 is 0 Å². The van der Waals surface area contributed by atoms with Crippen LogP contribution in [0.3, 0.4) is 0 Å². The number of benzene rings is 1. The minimum Gasteiger partial charge on any atom is -0.398 e. The lowest BCUT2D eigenvalue weighted by atomic mass is 10.2. The van der Waals surface area contributed by atoms with E-state index < -0.39 is 10.0 Å². The van der Waals surface area contributed by atoms with E-state index in [0.717, 1.165) is 15.6 Å². The van der Waals surface area contributed by atoms with Crippen molar-refractivity contribution in [3.63, 3.8) is 0 Å². The Balaban J connectivity index is 2.22. The first-order valence-corrected chi connectivity index (χ1v) is 8.12. The van der Waals surface area contributed by atoms with Gasteiger partial charge < -0.3 is 5.73 Å². The van der Waals surface area contributed by atoms with Crippen LogP contribution in [0.25, 0.3) is 0 Å². The third kappa shape index (κ3) is 3.36. The molecule has 0 fully saturated rings. The van der Waals surface area contributed by atoms with Crippen LogP contribution in [0.2, 0.25) is 0 Å². The molecule has 7 heteroatoms. The van der Waals surface area contributed by atoms with Crippen molar-refractivity contribution < 1.29 is 8.42 Å². The van der Waals surface area contributed by atoms with E-state index in [2.05, 4.69) is 25.6 Å². The summed E-state index contributed by atoms with van der Waals surface area (Å²) in [6, 6.07) is 6.50. The number of nitrogens with zero attached hydrogens (tertiary/aromatic N) is 1. The molecule has 0 spiro atoms. The second kappa shape index (κ2) is 5.90. The highest BCUT2D eigenvalue weighted by molar-refractivity contribution is 9.10. The zero-order chi connectivity index (χ0) is 14.8. The van der Waals surface area contributed by atoms with E-state index in [9.17, 15) is 8.42 Å². The number of aromatic nitrogens is 1. The maximum atomic E-state index is 12.2. The molecule has 1 heterocycles. The number of hydrogen-bond acceptors (Lipinski definition) is 4. The zero-order valence-electron chi connectivity index (χ0n) is 10.8. The van der Waals surface area contributed by atoms with Crippen molar-refractivity contribution in [2.45, 2.75) is 18.4 Å². The van der Waals surface area contributed by atoms with Gasteiger partial charge in [0, 0.05) is 23.4 Å². The molecule has 0 radical (unpaired) electrons. The molecule has 0 unspecified atom stereocenters. The van der Waals surface area contributed by atoms with E-state index in [1.165, 1.54) is 6.07 Å². The molecule has 0 atom stereocenters. The first-order valence-electron chi connectivity index (χ1n) is 5.84. The second-order valence-corrected chi connectivity index (χ2v) is 6.96. The molecule has 0 aliphatic heterocycles. The number of sulfonamides is 1. The molecule has 0 bridgehead atoms. The normalized spacial score (nSPS) is 11.5. The lowest BCUT2D eigenvalue weighted by Gasteiger charge is -2.10. The number of halogens is 1. The minimum absolute atomic E-state index is 0.0715. The Labute approximate surface area is 126 Å². The minimum atomic E-state index is -3.65. The standard InChI is InChI=1S/C13H14BrN3O2S/c1-9-4-5-16-7-10(9)8-17-20(18,19)13-3-2-11(14)6-12(13)15/h2-7,17H,8,15H2,1H3. The van der Waals surface area contributed by atoms with Gasteiger partial charge in [-0.05, 0) is 42.3 Å². The molecule has 0 amide bonds. The molecule has 0 saturated carbocycles. The third-order valence-corrected chi connectivity index (χ3v) is 4.83. The van der Waals surface area contributed by atoms with E-state index in [-0.39, 0.29) is 17.1 Å². The quantitative estimate of drug-likeness (QED) is 0.823. The Morgan fingerprint density at radius 1 is 1.35 bits per heavy atom. The van der Waals surface area contributed by atoms with Crippen molar-refractivity contribution in [3.05, 3.63) is 52.3 Å². The number of hydrogen-bond donors (Lipinski definition) is 2. The number of nitrogens with two attached hydrogens (primary N) is 1. The molecule has 2 aromatic rings. The van der Waals surface area contributed by atoms with Gasteiger partial charge in [-0.2, -0.15) is 0 Å². The summed E-state index contributed by atoms with van der Waals surface area (Å²) in [4.78, 5) is 4.05. The van der Waals surface area contributed by atoms with Crippen LogP contribution >= 0.6 is 15.9 Å². The molecule has 2 rings (SSSR count). The van der Waals surface area contributed by atoms with E-state index in [0.29, 0.717) is 0 Å². The summed E-state index contributed by atoms with van der Waals surface area (Å²) in [5, 5.41) is 0. The smallest absolute Gasteiger partial charge is 0.242 e. The van der Waals surface area contributed by atoms with Crippen LogP contribution in [0, 0.1) is 6.92 Å². The summed E-state index contributed by atoms with van der Waals surface area (Å²) >= 11 is 3.24. The molecule has 1 aromatic carbocycles. The lowest BCUT2D eigenvalue weighted by Crippen LogP contribution is -2.24. The van der Waals surface area contributed by atoms with Gasteiger partial charge >= 0.3 is 0 Å². The van der Waals surface area contributed by atoms with Gasteiger partial charge in [-0.25, -0.2) is 13.1 Å². The van der Waals surface area contributed by atoms with E-state index in [1.807, 2.05) is 13.0 Å². The molecular formula is C13H14BrN3O2S. The number of pyridine rings is 1. The van der Waals surface area contributed by atoms with Gasteiger partial charge in [0.25, 0.3) is 0 Å². The van der Waals surface area contributed by atoms with Crippen LogP contribution in [0.5, 0.6) is 0 Å². The van der Waals surface area contributed by atoms with Crippen LogP contribution < -0.4 is 10.5 Å². The van der Waals surface area contributed by atoms with E-state index in [4.69, 9.17) is 5.73 Å². The fourth-order valence-corrected chi connectivity index (χ4v) is 3.19. The van der Waals surface area contributed by atoms with Crippen molar-refractivity contribution in [3.8, 4) is 0 Å². The molecule has 0 aliphatic rings.